The van der Waals surface area contributed by atoms with Crippen LogP contribution in [0.5, 0.6) is 0 Å². The average molecular weight is 332 g/mol. The van der Waals surface area contributed by atoms with E-state index in [9.17, 15) is 29.7 Å². The number of hydrogen-bond donors (Lipinski definition) is 6. The number of aliphatic carboxylic acids is 1. The Morgan fingerprint density at radius 3 is 2.52 bits per heavy atom. The fourth-order valence-corrected chi connectivity index (χ4v) is 2.27. The number of ether oxygens (including phenoxy) is 1. The molecule has 1 aliphatic rings. The topological polar surface area (TPSA) is 182 Å². The first-order chi connectivity index (χ1) is 10.8. The molecular formula is C12H16N2O9. The fraction of sp³-hybridized carbons (Fsp3) is 0.583. The Balaban J connectivity index is 2.38. The van der Waals surface area contributed by atoms with Gasteiger partial charge < -0.3 is 30.3 Å². The quantitative estimate of drug-likeness (QED) is 0.314. The second-order valence-electron chi connectivity index (χ2n) is 5.11. The number of nitrogens with one attached hydrogen (secondary N) is 1. The zero-order valence-electron chi connectivity index (χ0n) is 11.7. The maximum absolute atomic E-state index is 11.8. The molecule has 11 nitrogen and oxygen atoms in total. The lowest BCUT2D eigenvalue weighted by atomic mass is 10.1. The van der Waals surface area contributed by atoms with Crippen molar-refractivity contribution in [2.75, 3.05) is 6.61 Å². The van der Waals surface area contributed by atoms with Gasteiger partial charge in [0.1, 0.15) is 18.3 Å². The van der Waals surface area contributed by atoms with Gasteiger partial charge in [0, 0.05) is 18.2 Å². The molecule has 1 saturated heterocycles. The Hall–Kier alpha value is -2.05. The third-order valence-corrected chi connectivity index (χ3v) is 3.53. The second kappa shape index (κ2) is 6.60. The summed E-state index contributed by atoms with van der Waals surface area (Å²) in [6.07, 6.45) is -6.99. The largest absolute Gasteiger partial charge is 0.479 e. The van der Waals surface area contributed by atoms with Gasteiger partial charge in [-0.1, -0.05) is 0 Å². The van der Waals surface area contributed by atoms with Crippen LogP contribution in [0, 0.1) is 0 Å². The molecule has 11 heteroatoms. The highest BCUT2D eigenvalue weighted by molar-refractivity contribution is 5.72. The van der Waals surface area contributed by atoms with E-state index in [4.69, 9.17) is 14.9 Å². The standard InChI is InChI=1S/C12H16N2O9/c15-3-6-7(17)8(18)10(23-6)14-2-4(1-5(16)11(20)21)9(19)13-12(14)22/h2,5-8,10,15-18H,1,3H2,(H,20,21)(H,13,19,22)/t5?,6-,7?,8?,10-/m0/s1. The minimum atomic E-state index is -1.85. The van der Waals surface area contributed by atoms with Gasteiger partial charge in [0.15, 0.2) is 12.3 Å². The van der Waals surface area contributed by atoms with Crippen LogP contribution in [0.4, 0.5) is 0 Å². The Morgan fingerprint density at radius 1 is 1.35 bits per heavy atom. The normalized spacial score (nSPS) is 28.7. The van der Waals surface area contributed by atoms with Crippen LogP contribution in [0.25, 0.3) is 0 Å². The zero-order chi connectivity index (χ0) is 17.3. The molecule has 2 heterocycles. The molecule has 0 aromatic carbocycles. The second-order valence-corrected chi connectivity index (χ2v) is 5.11. The number of carboxylic acid groups (broad SMARTS) is 1. The Labute approximate surface area is 128 Å². The summed E-state index contributed by atoms with van der Waals surface area (Å²) >= 11 is 0. The number of hydrogen-bond acceptors (Lipinski definition) is 8. The predicted octanol–water partition coefficient (Wildman–Crippen LogP) is -3.86. The molecule has 6 N–H and O–H groups in total. The third-order valence-electron chi connectivity index (χ3n) is 3.53. The highest BCUT2D eigenvalue weighted by atomic mass is 16.6. The van der Waals surface area contributed by atoms with E-state index in [0.717, 1.165) is 10.8 Å². The molecule has 1 aliphatic heterocycles. The number of carbonyl (C=O) groups is 1. The van der Waals surface area contributed by atoms with Gasteiger partial charge in [-0.15, -0.1) is 0 Å². The summed E-state index contributed by atoms with van der Waals surface area (Å²) in [6, 6.07) is 0. The van der Waals surface area contributed by atoms with Crippen LogP contribution < -0.4 is 11.2 Å². The highest BCUT2D eigenvalue weighted by Gasteiger charge is 2.43. The van der Waals surface area contributed by atoms with Gasteiger partial charge in [-0.25, -0.2) is 9.59 Å². The molecule has 0 radical (unpaired) electrons. The summed E-state index contributed by atoms with van der Waals surface area (Å²) in [6.45, 7) is -0.600. The number of aromatic nitrogens is 2. The van der Waals surface area contributed by atoms with Crippen LogP contribution in [0.1, 0.15) is 11.8 Å². The zero-order valence-corrected chi connectivity index (χ0v) is 11.7. The molecule has 0 amide bonds. The number of nitrogens with zero attached hydrogens (tertiary/aromatic N) is 1. The summed E-state index contributed by atoms with van der Waals surface area (Å²) in [5.74, 6) is -1.55. The fourth-order valence-electron chi connectivity index (χ4n) is 2.27. The van der Waals surface area contributed by atoms with Crippen LogP contribution in [0.15, 0.2) is 15.8 Å². The molecule has 0 bridgehead atoms. The van der Waals surface area contributed by atoms with Gasteiger partial charge in [0.25, 0.3) is 5.56 Å². The lowest BCUT2D eigenvalue weighted by molar-refractivity contribution is -0.146. The van der Waals surface area contributed by atoms with Crippen LogP contribution in [-0.2, 0) is 16.0 Å². The van der Waals surface area contributed by atoms with Crippen molar-refractivity contribution in [3.05, 3.63) is 32.6 Å². The molecule has 0 aliphatic carbocycles. The van der Waals surface area contributed by atoms with E-state index in [2.05, 4.69) is 0 Å². The van der Waals surface area contributed by atoms with Crippen molar-refractivity contribution in [3.63, 3.8) is 0 Å². The van der Waals surface area contributed by atoms with Crippen molar-refractivity contribution >= 4 is 5.97 Å². The molecule has 0 spiro atoms. The summed E-state index contributed by atoms with van der Waals surface area (Å²) in [4.78, 5) is 36.1. The number of rotatable bonds is 5. The highest BCUT2D eigenvalue weighted by Crippen LogP contribution is 2.27. The number of aliphatic hydroxyl groups excluding tert-OH is 4. The average Bonchev–Trinajstić information content (AvgIpc) is 2.77. The van der Waals surface area contributed by atoms with Gasteiger partial charge in [-0.3, -0.25) is 14.3 Å². The van der Waals surface area contributed by atoms with E-state index >= 15 is 0 Å². The van der Waals surface area contributed by atoms with Gasteiger partial charge in [-0.05, 0) is 0 Å². The summed E-state index contributed by atoms with van der Waals surface area (Å²) in [5, 5.41) is 46.6. The third kappa shape index (κ3) is 3.33. The maximum Gasteiger partial charge on any atom is 0.332 e. The summed E-state index contributed by atoms with van der Waals surface area (Å²) < 4.78 is 5.92. The van der Waals surface area contributed by atoms with Crippen molar-refractivity contribution < 1.29 is 35.1 Å². The molecule has 3 unspecified atom stereocenters. The SMILES string of the molecule is O=C(O)C(O)Cc1cn([C@H]2O[C@@H](CO)C(O)C2O)c(=O)[nH]c1=O. The lowest BCUT2D eigenvalue weighted by Crippen LogP contribution is -2.39. The number of carboxylic acids is 1. The molecule has 5 atom stereocenters. The smallest absolute Gasteiger partial charge is 0.332 e. The van der Waals surface area contributed by atoms with Gasteiger partial charge in [0.2, 0.25) is 0 Å². The minimum absolute atomic E-state index is 0.225. The van der Waals surface area contributed by atoms with Crippen molar-refractivity contribution in [2.45, 2.75) is 37.1 Å². The molecule has 23 heavy (non-hydrogen) atoms. The molecule has 128 valence electrons. The van der Waals surface area contributed by atoms with Crippen molar-refractivity contribution in [1.29, 1.82) is 0 Å². The predicted molar refractivity (Wildman–Crippen MR) is 71.7 cm³/mol. The maximum atomic E-state index is 11.8. The first-order valence-corrected chi connectivity index (χ1v) is 6.64. The molecule has 2 rings (SSSR count). The molecule has 1 fully saturated rings. The molecule has 0 saturated carbocycles. The molecule has 1 aromatic rings. The Bertz CT molecular complexity index is 697. The lowest BCUT2D eigenvalue weighted by Gasteiger charge is -2.18. The van der Waals surface area contributed by atoms with E-state index in [1.807, 2.05) is 4.98 Å². The van der Waals surface area contributed by atoms with E-state index in [1.54, 1.807) is 0 Å². The first kappa shape index (κ1) is 17.3. The molecular weight excluding hydrogens is 316 g/mol. The van der Waals surface area contributed by atoms with E-state index in [0.29, 0.717) is 0 Å². The van der Waals surface area contributed by atoms with Crippen molar-refractivity contribution in [3.8, 4) is 0 Å². The van der Waals surface area contributed by atoms with Crippen LogP contribution in [0.2, 0.25) is 0 Å². The van der Waals surface area contributed by atoms with Crippen LogP contribution in [-0.4, -0.2) is 72.1 Å². The molecule has 1 aromatic heterocycles. The van der Waals surface area contributed by atoms with Crippen molar-refractivity contribution in [1.82, 2.24) is 9.55 Å². The van der Waals surface area contributed by atoms with Crippen molar-refractivity contribution in [2.24, 2.45) is 0 Å². The first-order valence-electron chi connectivity index (χ1n) is 6.64. The van der Waals surface area contributed by atoms with Gasteiger partial charge in [0.05, 0.1) is 6.61 Å². The summed E-state index contributed by atoms with van der Waals surface area (Å²) in [7, 11) is 0. The van der Waals surface area contributed by atoms with Crippen LogP contribution >= 0.6 is 0 Å². The van der Waals surface area contributed by atoms with Crippen LogP contribution in [0.3, 0.4) is 0 Å². The number of H-pyrrole nitrogens is 1. The number of aliphatic hydroxyl groups is 4. The van der Waals surface area contributed by atoms with E-state index in [1.165, 1.54) is 0 Å². The van der Waals surface area contributed by atoms with E-state index in [-0.39, 0.29) is 5.56 Å². The van der Waals surface area contributed by atoms with Gasteiger partial charge in [-0.2, -0.15) is 0 Å². The van der Waals surface area contributed by atoms with Gasteiger partial charge >= 0.3 is 11.7 Å². The monoisotopic (exact) mass is 332 g/mol. The number of aromatic amines is 1. The summed E-state index contributed by atoms with van der Waals surface area (Å²) in [5.41, 5.74) is -2.08. The Kier molecular flexibility index (Phi) is 4.97. The van der Waals surface area contributed by atoms with E-state index < -0.39 is 60.9 Å². The Morgan fingerprint density at radius 2 is 2.00 bits per heavy atom. The minimum Gasteiger partial charge on any atom is -0.479 e.